The molecular weight excluding hydrogens is 587 g/mol. The number of likely N-dealkylation sites (N-methyl/N-ethyl adjacent to an activating group) is 1. The first-order valence-electron chi connectivity index (χ1n) is 14.9. The fraction of sp³-hybridized carbons (Fsp3) is 0.452. The van der Waals surface area contributed by atoms with E-state index in [2.05, 4.69) is 36.8 Å². The minimum Gasteiger partial charge on any atom is -0.495 e. The van der Waals surface area contributed by atoms with Crippen molar-refractivity contribution in [2.75, 3.05) is 58.0 Å². The van der Waals surface area contributed by atoms with Crippen LogP contribution in [0.15, 0.2) is 36.7 Å². The number of anilines is 2. The summed E-state index contributed by atoms with van der Waals surface area (Å²) in [5.74, 6) is 1.78. The highest BCUT2D eigenvalue weighted by Gasteiger charge is 2.32. The number of nitrogens with two attached hydrogens (primary N) is 1. The topological polar surface area (TPSA) is 107 Å². The molecule has 1 saturated heterocycles. The number of nitrogens with one attached hydrogen (secondary N) is 1. The van der Waals surface area contributed by atoms with Gasteiger partial charge in [-0.1, -0.05) is 29.3 Å². The largest absolute Gasteiger partial charge is 0.495 e. The average molecular weight is 624 g/mol. The van der Waals surface area contributed by atoms with Crippen LogP contribution < -0.4 is 20.5 Å². The third-order valence-corrected chi connectivity index (χ3v) is 9.73. The van der Waals surface area contributed by atoms with E-state index in [1.807, 2.05) is 18.2 Å². The van der Waals surface area contributed by atoms with E-state index in [1.54, 1.807) is 19.2 Å². The second kappa shape index (κ2) is 11.6. The number of halogens is 2. The summed E-state index contributed by atoms with van der Waals surface area (Å²) in [5.41, 5.74) is 10.6. The van der Waals surface area contributed by atoms with Gasteiger partial charge in [-0.2, -0.15) is 5.10 Å². The summed E-state index contributed by atoms with van der Waals surface area (Å²) in [6.07, 6.45) is 5.96. The Labute approximate surface area is 261 Å². The van der Waals surface area contributed by atoms with E-state index in [1.165, 1.54) is 6.33 Å². The maximum absolute atomic E-state index is 6.53. The molecule has 4 aromatic rings. The third-order valence-electron chi connectivity index (χ3n) is 9.20. The van der Waals surface area contributed by atoms with Crippen molar-refractivity contribution >= 4 is 45.7 Å². The van der Waals surface area contributed by atoms with Gasteiger partial charge >= 0.3 is 0 Å². The smallest absolute Gasteiger partial charge is 0.164 e. The highest BCUT2D eigenvalue weighted by atomic mass is 35.5. The normalized spacial score (nSPS) is 22.8. The summed E-state index contributed by atoms with van der Waals surface area (Å²) in [6.45, 7) is 5.02. The summed E-state index contributed by atoms with van der Waals surface area (Å²) < 4.78 is 13.8. The van der Waals surface area contributed by atoms with Crippen molar-refractivity contribution in [2.45, 2.75) is 43.8 Å². The SMILES string of the molecule is COc1cc(-c2nn(C3CCC(N4CCN(C)CC4)CC3)c3ncnc(N)c23)ccc1NC1COc2cc(Cl)cc(Cl)c21. The molecule has 0 bridgehead atoms. The molecule has 0 amide bonds. The van der Waals surface area contributed by atoms with Crippen molar-refractivity contribution in [3.05, 3.63) is 52.3 Å². The molecule has 2 aromatic carbocycles. The van der Waals surface area contributed by atoms with Gasteiger partial charge in [-0.05, 0) is 57.0 Å². The molecule has 7 rings (SSSR count). The molecule has 2 aliphatic heterocycles. The lowest BCUT2D eigenvalue weighted by molar-refractivity contribution is 0.0815. The number of aromatic nitrogens is 4. The molecule has 0 radical (unpaired) electrons. The molecule has 2 aromatic heterocycles. The summed E-state index contributed by atoms with van der Waals surface area (Å²) >= 11 is 12.7. The predicted octanol–water partition coefficient (Wildman–Crippen LogP) is 5.67. The quantitative estimate of drug-likeness (QED) is 0.281. The fourth-order valence-corrected chi connectivity index (χ4v) is 7.45. The average Bonchev–Trinajstić information content (AvgIpc) is 3.60. The van der Waals surface area contributed by atoms with Crippen molar-refractivity contribution < 1.29 is 9.47 Å². The number of rotatable bonds is 6. The van der Waals surface area contributed by atoms with E-state index in [4.69, 9.17) is 43.5 Å². The highest BCUT2D eigenvalue weighted by molar-refractivity contribution is 6.35. The van der Waals surface area contributed by atoms with E-state index < -0.39 is 0 Å². The first kappa shape index (κ1) is 28.5. The number of hydrogen-bond acceptors (Lipinski definition) is 9. The Morgan fingerprint density at radius 1 is 1.00 bits per heavy atom. The molecule has 12 heteroatoms. The summed E-state index contributed by atoms with van der Waals surface area (Å²) in [4.78, 5) is 14.1. The van der Waals surface area contributed by atoms with Crippen LogP contribution in [-0.4, -0.2) is 82.5 Å². The Balaban J connectivity index is 1.16. The number of piperazine rings is 1. The van der Waals surface area contributed by atoms with E-state index >= 15 is 0 Å². The number of ether oxygens (including phenoxy) is 2. The first-order valence-corrected chi connectivity index (χ1v) is 15.6. The second-order valence-electron chi connectivity index (χ2n) is 11.8. The van der Waals surface area contributed by atoms with E-state index in [9.17, 15) is 0 Å². The Kier molecular flexibility index (Phi) is 7.71. The molecule has 1 atom stereocenters. The van der Waals surface area contributed by atoms with Gasteiger partial charge in [0.2, 0.25) is 0 Å². The third kappa shape index (κ3) is 5.35. The molecule has 3 aliphatic rings. The molecule has 226 valence electrons. The summed E-state index contributed by atoms with van der Waals surface area (Å²) in [5, 5.41) is 10.6. The first-order chi connectivity index (χ1) is 20.9. The maximum atomic E-state index is 6.53. The number of hydrogen-bond donors (Lipinski definition) is 2. The van der Waals surface area contributed by atoms with Crippen molar-refractivity contribution in [2.24, 2.45) is 0 Å². The summed E-state index contributed by atoms with van der Waals surface area (Å²) in [6, 6.07) is 10.3. The van der Waals surface area contributed by atoms with Crippen molar-refractivity contribution in [1.82, 2.24) is 29.5 Å². The molecule has 43 heavy (non-hydrogen) atoms. The van der Waals surface area contributed by atoms with Crippen LogP contribution in [0.25, 0.3) is 22.3 Å². The highest BCUT2D eigenvalue weighted by Crippen LogP contribution is 2.44. The van der Waals surface area contributed by atoms with Gasteiger partial charge in [-0.15, -0.1) is 0 Å². The van der Waals surface area contributed by atoms with Gasteiger partial charge in [-0.25, -0.2) is 14.6 Å². The molecule has 3 N–H and O–H groups in total. The number of nitrogens with zero attached hydrogens (tertiary/aromatic N) is 6. The van der Waals surface area contributed by atoms with E-state index in [-0.39, 0.29) is 12.1 Å². The number of nitrogen functional groups attached to an aromatic ring is 1. The maximum Gasteiger partial charge on any atom is 0.164 e. The van der Waals surface area contributed by atoms with Gasteiger partial charge in [0.1, 0.15) is 35.9 Å². The molecular formula is C31H36Cl2N8O2. The van der Waals surface area contributed by atoms with Crippen LogP contribution in [0.3, 0.4) is 0 Å². The minimum absolute atomic E-state index is 0.149. The monoisotopic (exact) mass is 622 g/mol. The molecule has 1 saturated carbocycles. The van der Waals surface area contributed by atoms with Gasteiger partial charge in [0, 0.05) is 48.4 Å². The van der Waals surface area contributed by atoms with Crippen LogP contribution in [0.4, 0.5) is 11.5 Å². The van der Waals surface area contributed by atoms with Crippen LogP contribution >= 0.6 is 23.2 Å². The zero-order valence-corrected chi connectivity index (χ0v) is 25.9. The van der Waals surface area contributed by atoms with Gasteiger partial charge in [0.15, 0.2) is 5.65 Å². The van der Waals surface area contributed by atoms with Crippen LogP contribution in [0, 0.1) is 0 Å². The minimum atomic E-state index is -0.149. The molecule has 10 nitrogen and oxygen atoms in total. The van der Waals surface area contributed by atoms with Crippen molar-refractivity contribution in [3.63, 3.8) is 0 Å². The molecule has 0 spiro atoms. The Morgan fingerprint density at radius 3 is 2.53 bits per heavy atom. The number of benzene rings is 2. The van der Waals surface area contributed by atoms with Crippen LogP contribution in [0.2, 0.25) is 10.0 Å². The Morgan fingerprint density at radius 2 is 1.77 bits per heavy atom. The van der Waals surface area contributed by atoms with Crippen LogP contribution in [-0.2, 0) is 0 Å². The molecule has 1 unspecified atom stereocenters. The van der Waals surface area contributed by atoms with Gasteiger partial charge in [0.05, 0.1) is 35.3 Å². The van der Waals surface area contributed by atoms with Crippen molar-refractivity contribution in [1.29, 1.82) is 0 Å². The lowest BCUT2D eigenvalue weighted by Gasteiger charge is -2.41. The Hall–Kier alpha value is -3.31. The van der Waals surface area contributed by atoms with Crippen molar-refractivity contribution in [3.8, 4) is 22.8 Å². The van der Waals surface area contributed by atoms with Gasteiger partial charge in [-0.3, -0.25) is 4.90 Å². The number of methoxy groups -OCH3 is 1. The molecule has 4 heterocycles. The lowest BCUT2D eigenvalue weighted by Crippen LogP contribution is -2.49. The molecule has 1 aliphatic carbocycles. The van der Waals surface area contributed by atoms with Crippen LogP contribution in [0.5, 0.6) is 11.5 Å². The summed E-state index contributed by atoms with van der Waals surface area (Å²) in [7, 11) is 3.86. The Bertz CT molecular complexity index is 1650. The van der Waals surface area contributed by atoms with E-state index in [0.717, 1.165) is 85.4 Å². The number of fused-ring (bicyclic) bond motifs is 2. The van der Waals surface area contributed by atoms with Crippen LogP contribution in [0.1, 0.15) is 43.3 Å². The van der Waals surface area contributed by atoms with Gasteiger partial charge < -0.3 is 25.4 Å². The predicted molar refractivity (Wildman–Crippen MR) is 170 cm³/mol. The zero-order chi connectivity index (χ0) is 29.7. The van der Waals surface area contributed by atoms with Gasteiger partial charge in [0.25, 0.3) is 0 Å². The fourth-order valence-electron chi connectivity index (χ4n) is 6.84. The van der Waals surface area contributed by atoms with E-state index in [0.29, 0.717) is 40.0 Å². The standard InChI is InChI=1S/C31H36Cl2N8O2/c1-39-9-11-40(12-10-39)20-4-6-21(7-5-20)41-31-28(30(34)35-17-36-31)29(38-41)18-3-8-23(25(13-18)42-2)37-24-16-43-26-15-19(32)14-22(33)27(24)26/h3,8,13-15,17,20-21,24,37H,4-7,9-12,16H2,1-2H3,(H2,34,35,36). The molecule has 2 fully saturated rings. The lowest BCUT2D eigenvalue weighted by atomic mass is 9.90. The zero-order valence-electron chi connectivity index (χ0n) is 24.4. The second-order valence-corrected chi connectivity index (χ2v) is 12.6.